The lowest BCUT2D eigenvalue weighted by molar-refractivity contribution is -0.143. The zero-order valence-electron chi connectivity index (χ0n) is 17.0. The summed E-state index contributed by atoms with van der Waals surface area (Å²) in [6, 6.07) is 14.1. The number of ether oxygens (including phenoxy) is 1. The largest absolute Gasteiger partial charge is 0.465 e. The minimum absolute atomic E-state index is 0.00744. The van der Waals surface area contributed by atoms with Gasteiger partial charge in [-0.3, -0.25) is 24.6 Å². The summed E-state index contributed by atoms with van der Waals surface area (Å²) in [5, 5.41) is 3.61. The van der Waals surface area contributed by atoms with Crippen molar-refractivity contribution in [3.8, 4) is 0 Å². The Balaban J connectivity index is 1.78. The molecule has 9 heteroatoms. The van der Waals surface area contributed by atoms with Gasteiger partial charge in [0.1, 0.15) is 12.1 Å². The molecule has 1 aliphatic rings. The highest BCUT2D eigenvalue weighted by atomic mass is 35.5. The first-order valence-electron chi connectivity index (χ1n) is 9.80. The van der Waals surface area contributed by atoms with Crippen LogP contribution in [0.15, 0.2) is 60.3 Å². The van der Waals surface area contributed by atoms with Crippen LogP contribution in [0.3, 0.4) is 0 Å². The number of thiocarbonyl (C=S) groups is 1. The minimum atomic E-state index is -0.606. The zero-order valence-corrected chi connectivity index (χ0v) is 18.6. The van der Waals surface area contributed by atoms with Gasteiger partial charge in [-0.15, -0.1) is 0 Å². The molecule has 0 aliphatic carbocycles. The highest BCUT2D eigenvalue weighted by Gasteiger charge is 2.35. The normalized spacial score (nSPS) is 15.4. The number of benzene rings is 2. The molecule has 2 aromatic carbocycles. The third-order valence-corrected chi connectivity index (χ3v) is 5.52. The van der Waals surface area contributed by atoms with Gasteiger partial charge in [0.2, 0.25) is 0 Å². The topological polar surface area (TPSA) is 80.6 Å². The van der Waals surface area contributed by atoms with Crippen LogP contribution in [-0.2, 0) is 25.7 Å². The smallest absolute Gasteiger partial charge is 0.325 e. The summed E-state index contributed by atoms with van der Waals surface area (Å²) >= 11 is 11.5. The van der Waals surface area contributed by atoms with Crippen molar-refractivity contribution in [2.45, 2.75) is 13.5 Å². The van der Waals surface area contributed by atoms with Crippen molar-refractivity contribution in [2.24, 2.45) is 0 Å². The van der Waals surface area contributed by atoms with Crippen molar-refractivity contribution in [1.82, 2.24) is 9.88 Å². The number of fused-ring (bicyclic) bond motifs is 1. The molecule has 2 amide bonds. The molecule has 7 nitrogen and oxygen atoms in total. The summed E-state index contributed by atoms with van der Waals surface area (Å²) in [7, 11) is 0. The number of nitrogens with zero attached hydrogens (tertiary/aromatic N) is 2. The number of anilines is 1. The molecule has 0 radical (unpaired) electrons. The maximum Gasteiger partial charge on any atom is 0.325 e. The molecule has 1 aromatic heterocycles. The van der Waals surface area contributed by atoms with Crippen LogP contribution in [0.4, 0.5) is 5.69 Å². The average Bonchev–Trinajstić information content (AvgIpc) is 3.10. The molecule has 162 valence electrons. The van der Waals surface area contributed by atoms with Crippen LogP contribution >= 0.6 is 23.8 Å². The molecule has 2 heterocycles. The van der Waals surface area contributed by atoms with E-state index in [0.717, 1.165) is 10.9 Å². The fourth-order valence-corrected chi connectivity index (χ4v) is 4.03. The van der Waals surface area contributed by atoms with Gasteiger partial charge in [-0.05, 0) is 43.4 Å². The number of hydrogen-bond acceptors (Lipinski definition) is 5. The van der Waals surface area contributed by atoms with Gasteiger partial charge in [-0.2, -0.15) is 0 Å². The highest BCUT2D eigenvalue weighted by molar-refractivity contribution is 7.80. The van der Waals surface area contributed by atoms with Crippen LogP contribution in [-0.4, -0.2) is 34.1 Å². The van der Waals surface area contributed by atoms with E-state index in [2.05, 4.69) is 5.32 Å². The number of aromatic nitrogens is 1. The quantitative estimate of drug-likeness (QED) is 0.268. The molecule has 0 saturated carbocycles. The second-order valence-corrected chi connectivity index (χ2v) is 7.74. The van der Waals surface area contributed by atoms with E-state index in [9.17, 15) is 14.4 Å². The monoisotopic (exact) mass is 467 g/mol. The standard InChI is InChI=1S/C23H18ClN3O4S/c1-2-31-20(28)13-26-12-14(15-7-3-5-9-18(15)26)11-16-21(29)25-23(32)27(22(16)30)19-10-6-4-8-17(19)24/h3-12H,2,13H2,1H3,(H,25,29,32)/b16-11+. The predicted molar refractivity (Wildman–Crippen MR) is 126 cm³/mol. The van der Waals surface area contributed by atoms with Crippen LogP contribution in [0.5, 0.6) is 0 Å². The third kappa shape index (κ3) is 4.02. The molecule has 3 aromatic rings. The molecule has 1 fully saturated rings. The maximum absolute atomic E-state index is 13.3. The molecule has 0 unspecified atom stereocenters. The summed E-state index contributed by atoms with van der Waals surface area (Å²) < 4.78 is 6.77. The van der Waals surface area contributed by atoms with E-state index in [-0.39, 0.29) is 29.8 Å². The first-order valence-corrected chi connectivity index (χ1v) is 10.6. The molecule has 0 bridgehead atoms. The van der Waals surface area contributed by atoms with E-state index in [4.69, 9.17) is 28.6 Å². The summed E-state index contributed by atoms with van der Waals surface area (Å²) in [6.45, 7) is 2.03. The number of carbonyl (C=O) groups is 3. The summed E-state index contributed by atoms with van der Waals surface area (Å²) in [5.74, 6) is -1.58. The average molecular weight is 468 g/mol. The van der Waals surface area contributed by atoms with Crippen LogP contribution < -0.4 is 10.2 Å². The number of para-hydroxylation sites is 2. The predicted octanol–water partition coefficient (Wildman–Crippen LogP) is 3.69. The molecule has 4 rings (SSSR count). The number of hydrogen-bond donors (Lipinski definition) is 1. The number of rotatable bonds is 5. The van der Waals surface area contributed by atoms with E-state index in [1.165, 1.54) is 11.0 Å². The van der Waals surface area contributed by atoms with Gasteiger partial charge in [0.15, 0.2) is 5.11 Å². The first kappa shape index (κ1) is 21.7. The van der Waals surface area contributed by atoms with Crippen molar-refractivity contribution in [1.29, 1.82) is 0 Å². The number of halogens is 1. The van der Waals surface area contributed by atoms with Crippen molar-refractivity contribution in [2.75, 3.05) is 11.5 Å². The number of nitrogens with one attached hydrogen (secondary N) is 1. The van der Waals surface area contributed by atoms with E-state index >= 15 is 0 Å². The van der Waals surface area contributed by atoms with Gasteiger partial charge in [0.25, 0.3) is 11.8 Å². The lowest BCUT2D eigenvalue weighted by atomic mass is 10.1. The van der Waals surface area contributed by atoms with Crippen LogP contribution in [0.1, 0.15) is 12.5 Å². The summed E-state index contributed by atoms with van der Waals surface area (Å²) in [6.07, 6.45) is 3.20. The Morgan fingerprint density at radius 3 is 2.62 bits per heavy atom. The SMILES string of the molecule is CCOC(=O)Cn1cc(/C=C2\C(=O)NC(=S)N(c3ccccc3Cl)C2=O)c2ccccc21. The van der Waals surface area contributed by atoms with E-state index in [0.29, 0.717) is 16.3 Å². The van der Waals surface area contributed by atoms with Gasteiger partial charge in [0, 0.05) is 22.7 Å². The molecule has 32 heavy (non-hydrogen) atoms. The number of carbonyl (C=O) groups excluding carboxylic acids is 3. The fraction of sp³-hybridized carbons (Fsp3) is 0.130. The summed E-state index contributed by atoms with van der Waals surface area (Å²) in [5.41, 5.74) is 1.65. The van der Waals surface area contributed by atoms with Crippen LogP contribution in [0.2, 0.25) is 5.02 Å². The fourth-order valence-electron chi connectivity index (χ4n) is 3.53. The van der Waals surface area contributed by atoms with Gasteiger partial charge in [-0.1, -0.05) is 41.9 Å². The highest BCUT2D eigenvalue weighted by Crippen LogP contribution is 2.30. The van der Waals surface area contributed by atoms with Crippen molar-refractivity contribution in [3.63, 3.8) is 0 Å². The Labute approximate surface area is 194 Å². The Morgan fingerprint density at radius 2 is 1.88 bits per heavy atom. The Hall–Kier alpha value is -3.49. The minimum Gasteiger partial charge on any atom is -0.465 e. The molecule has 0 spiro atoms. The zero-order chi connectivity index (χ0) is 22.8. The Kier molecular flexibility index (Phi) is 6.07. The van der Waals surface area contributed by atoms with Gasteiger partial charge in [0.05, 0.1) is 17.3 Å². The Bertz CT molecular complexity index is 1300. The van der Waals surface area contributed by atoms with Crippen LogP contribution in [0, 0.1) is 0 Å². The number of esters is 1. The Morgan fingerprint density at radius 1 is 1.16 bits per heavy atom. The lowest BCUT2D eigenvalue weighted by Gasteiger charge is -2.29. The van der Waals surface area contributed by atoms with Crippen molar-refractivity contribution < 1.29 is 19.1 Å². The van der Waals surface area contributed by atoms with Crippen LogP contribution in [0.25, 0.3) is 17.0 Å². The maximum atomic E-state index is 13.3. The number of amides is 2. The van der Waals surface area contributed by atoms with E-state index in [1.54, 1.807) is 42.0 Å². The van der Waals surface area contributed by atoms with Crippen molar-refractivity contribution >= 4 is 69.4 Å². The molecule has 1 saturated heterocycles. The van der Waals surface area contributed by atoms with Gasteiger partial charge >= 0.3 is 5.97 Å². The second-order valence-electron chi connectivity index (χ2n) is 6.94. The second kappa shape index (κ2) is 8.94. The van der Waals surface area contributed by atoms with E-state index in [1.807, 2.05) is 24.3 Å². The molecular formula is C23H18ClN3O4S. The molecule has 1 N–H and O–H groups in total. The van der Waals surface area contributed by atoms with E-state index < -0.39 is 11.8 Å². The van der Waals surface area contributed by atoms with Gasteiger partial charge in [-0.25, -0.2) is 0 Å². The van der Waals surface area contributed by atoms with Gasteiger partial charge < -0.3 is 9.30 Å². The summed E-state index contributed by atoms with van der Waals surface area (Å²) in [4.78, 5) is 39.2. The molecular weight excluding hydrogens is 450 g/mol. The first-order chi connectivity index (χ1) is 15.4. The molecule has 1 aliphatic heterocycles. The lowest BCUT2D eigenvalue weighted by Crippen LogP contribution is -2.54. The van der Waals surface area contributed by atoms with Crippen molar-refractivity contribution in [3.05, 3.63) is 70.9 Å². The third-order valence-electron chi connectivity index (χ3n) is 4.92. The molecule has 0 atom stereocenters.